The molecule has 82 valence electrons. The second-order valence-corrected chi connectivity index (χ2v) is 4.77. The number of halogens is 1. The van der Waals surface area contributed by atoms with Crippen molar-refractivity contribution in [3.63, 3.8) is 0 Å². The maximum atomic E-state index is 3.50. The Bertz CT molecular complexity index is 445. The standard InChI is InChI=1S/C14H14BrN/c1-11-7-13(15)9-14(8-11)16-10-12-5-3-2-4-6-12/h2-9,16H,10H2,1H3. The molecule has 0 fully saturated rings. The van der Waals surface area contributed by atoms with Crippen molar-refractivity contribution in [2.75, 3.05) is 5.32 Å². The molecule has 2 heteroatoms. The molecule has 0 amide bonds. The summed E-state index contributed by atoms with van der Waals surface area (Å²) in [6.07, 6.45) is 0. The molecular formula is C14H14BrN. The normalized spacial score (nSPS) is 10.1. The summed E-state index contributed by atoms with van der Waals surface area (Å²) in [5.74, 6) is 0. The number of nitrogens with one attached hydrogen (secondary N) is 1. The highest BCUT2D eigenvalue weighted by molar-refractivity contribution is 9.10. The van der Waals surface area contributed by atoms with Crippen LogP contribution in [0.5, 0.6) is 0 Å². The van der Waals surface area contributed by atoms with Gasteiger partial charge in [-0.1, -0.05) is 46.3 Å². The second-order valence-electron chi connectivity index (χ2n) is 3.86. The summed E-state index contributed by atoms with van der Waals surface area (Å²) in [6.45, 7) is 2.95. The summed E-state index contributed by atoms with van der Waals surface area (Å²) >= 11 is 3.50. The largest absolute Gasteiger partial charge is 0.381 e. The fraction of sp³-hybridized carbons (Fsp3) is 0.143. The van der Waals surface area contributed by atoms with Crippen LogP contribution in [0.25, 0.3) is 0 Å². The number of benzene rings is 2. The predicted octanol–water partition coefficient (Wildman–Crippen LogP) is 4.37. The Morgan fingerprint density at radius 1 is 1.06 bits per heavy atom. The Labute approximate surface area is 105 Å². The van der Waals surface area contributed by atoms with Crippen molar-refractivity contribution in [3.8, 4) is 0 Å². The quantitative estimate of drug-likeness (QED) is 0.877. The molecule has 0 bridgehead atoms. The number of anilines is 1. The van der Waals surface area contributed by atoms with Gasteiger partial charge >= 0.3 is 0 Å². The third-order valence-electron chi connectivity index (χ3n) is 2.38. The minimum atomic E-state index is 0.858. The highest BCUT2D eigenvalue weighted by atomic mass is 79.9. The first-order valence-corrected chi connectivity index (χ1v) is 6.08. The molecule has 2 aromatic rings. The highest BCUT2D eigenvalue weighted by Gasteiger charge is 1.96. The minimum Gasteiger partial charge on any atom is -0.381 e. The zero-order valence-corrected chi connectivity index (χ0v) is 10.8. The average molecular weight is 276 g/mol. The molecule has 2 aromatic carbocycles. The topological polar surface area (TPSA) is 12.0 Å². The van der Waals surface area contributed by atoms with E-state index in [9.17, 15) is 0 Å². The Kier molecular flexibility index (Phi) is 3.62. The first-order chi connectivity index (χ1) is 7.74. The van der Waals surface area contributed by atoms with Crippen LogP contribution >= 0.6 is 15.9 Å². The lowest BCUT2D eigenvalue weighted by Crippen LogP contribution is -1.99. The van der Waals surface area contributed by atoms with Gasteiger partial charge in [-0.25, -0.2) is 0 Å². The van der Waals surface area contributed by atoms with Gasteiger partial charge in [0.1, 0.15) is 0 Å². The maximum absolute atomic E-state index is 3.50. The molecule has 16 heavy (non-hydrogen) atoms. The van der Waals surface area contributed by atoms with Gasteiger partial charge in [0.05, 0.1) is 0 Å². The van der Waals surface area contributed by atoms with Crippen molar-refractivity contribution in [3.05, 3.63) is 64.1 Å². The molecule has 0 aliphatic heterocycles. The van der Waals surface area contributed by atoms with Crippen LogP contribution in [0, 0.1) is 6.92 Å². The van der Waals surface area contributed by atoms with Gasteiger partial charge < -0.3 is 5.32 Å². The van der Waals surface area contributed by atoms with Crippen molar-refractivity contribution in [1.29, 1.82) is 0 Å². The SMILES string of the molecule is Cc1cc(Br)cc(NCc2ccccc2)c1. The van der Waals surface area contributed by atoms with Gasteiger partial charge in [-0.3, -0.25) is 0 Å². The van der Waals surface area contributed by atoms with Gasteiger partial charge in [0.15, 0.2) is 0 Å². The first kappa shape index (κ1) is 11.2. The average Bonchev–Trinajstić information content (AvgIpc) is 2.27. The lowest BCUT2D eigenvalue weighted by Gasteiger charge is -2.08. The minimum absolute atomic E-state index is 0.858. The molecule has 0 aromatic heterocycles. The summed E-state index contributed by atoms with van der Waals surface area (Å²) in [7, 11) is 0. The van der Waals surface area contributed by atoms with Crippen LogP contribution in [0.2, 0.25) is 0 Å². The van der Waals surface area contributed by atoms with Crippen molar-refractivity contribution in [2.45, 2.75) is 13.5 Å². The summed E-state index contributed by atoms with van der Waals surface area (Å²) in [4.78, 5) is 0. The molecule has 0 saturated carbocycles. The van der Waals surface area contributed by atoms with Crippen LogP contribution in [-0.4, -0.2) is 0 Å². The molecule has 2 rings (SSSR count). The van der Waals surface area contributed by atoms with Crippen molar-refractivity contribution in [1.82, 2.24) is 0 Å². The summed E-state index contributed by atoms with van der Waals surface area (Å²) in [6, 6.07) is 16.7. The molecule has 0 radical (unpaired) electrons. The smallest absolute Gasteiger partial charge is 0.0400 e. The Balaban J connectivity index is 2.05. The second kappa shape index (κ2) is 5.17. The molecule has 0 heterocycles. The molecule has 1 nitrogen and oxygen atoms in total. The van der Waals surface area contributed by atoms with E-state index in [1.54, 1.807) is 0 Å². The van der Waals surface area contributed by atoms with E-state index in [0.29, 0.717) is 0 Å². The van der Waals surface area contributed by atoms with E-state index in [0.717, 1.165) is 16.7 Å². The summed E-state index contributed by atoms with van der Waals surface area (Å²) in [5.41, 5.74) is 3.70. The van der Waals surface area contributed by atoms with Gasteiger partial charge in [0.2, 0.25) is 0 Å². The molecule has 0 atom stereocenters. The summed E-state index contributed by atoms with van der Waals surface area (Å²) in [5, 5.41) is 3.41. The molecule has 1 N–H and O–H groups in total. The fourth-order valence-electron chi connectivity index (χ4n) is 1.64. The van der Waals surface area contributed by atoms with E-state index < -0.39 is 0 Å². The molecule has 0 saturated heterocycles. The van der Waals surface area contributed by atoms with E-state index in [1.165, 1.54) is 11.1 Å². The summed E-state index contributed by atoms with van der Waals surface area (Å²) < 4.78 is 1.11. The lowest BCUT2D eigenvalue weighted by atomic mass is 10.2. The van der Waals surface area contributed by atoms with Gasteiger partial charge in [0, 0.05) is 16.7 Å². The zero-order valence-electron chi connectivity index (χ0n) is 9.20. The van der Waals surface area contributed by atoms with Gasteiger partial charge in [-0.15, -0.1) is 0 Å². The Morgan fingerprint density at radius 3 is 2.50 bits per heavy atom. The van der Waals surface area contributed by atoms with E-state index in [1.807, 2.05) is 6.07 Å². The van der Waals surface area contributed by atoms with Crippen LogP contribution in [0.4, 0.5) is 5.69 Å². The first-order valence-electron chi connectivity index (χ1n) is 5.29. The molecule has 0 aliphatic rings. The molecular weight excluding hydrogens is 262 g/mol. The molecule has 0 unspecified atom stereocenters. The van der Waals surface area contributed by atoms with Crippen molar-refractivity contribution >= 4 is 21.6 Å². The van der Waals surface area contributed by atoms with E-state index in [4.69, 9.17) is 0 Å². The maximum Gasteiger partial charge on any atom is 0.0400 e. The van der Waals surface area contributed by atoms with Crippen LogP contribution in [0.15, 0.2) is 53.0 Å². The predicted molar refractivity (Wildman–Crippen MR) is 72.6 cm³/mol. The number of rotatable bonds is 3. The monoisotopic (exact) mass is 275 g/mol. The van der Waals surface area contributed by atoms with Gasteiger partial charge in [-0.05, 0) is 36.2 Å². The highest BCUT2D eigenvalue weighted by Crippen LogP contribution is 2.19. The molecule has 0 spiro atoms. The van der Waals surface area contributed by atoms with E-state index in [2.05, 4.69) is 70.6 Å². The lowest BCUT2D eigenvalue weighted by molar-refractivity contribution is 1.15. The third kappa shape index (κ3) is 3.11. The van der Waals surface area contributed by atoms with E-state index in [-0.39, 0.29) is 0 Å². The van der Waals surface area contributed by atoms with Crippen LogP contribution in [0.3, 0.4) is 0 Å². The van der Waals surface area contributed by atoms with Crippen molar-refractivity contribution < 1.29 is 0 Å². The Morgan fingerprint density at radius 2 is 1.81 bits per heavy atom. The van der Waals surface area contributed by atoms with Crippen LogP contribution in [0.1, 0.15) is 11.1 Å². The Hall–Kier alpha value is -1.28. The van der Waals surface area contributed by atoms with E-state index >= 15 is 0 Å². The van der Waals surface area contributed by atoms with Gasteiger partial charge in [-0.2, -0.15) is 0 Å². The third-order valence-corrected chi connectivity index (χ3v) is 2.84. The van der Waals surface area contributed by atoms with Crippen LogP contribution < -0.4 is 5.32 Å². The molecule has 0 aliphatic carbocycles. The van der Waals surface area contributed by atoms with Crippen molar-refractivity contribution in [2.24, 2.45) is 0 Å². The van der Waals surface area contributed by atoms with Gasteiger partial charge in [0.25, 0.3) is 0 Å². The number of hydrogen-bond acceptors (Lipinski definition) is 1. The number of aryl methyl sites for hydroxylation is 1. The van der Waals surface area contributed by atoms with Crippen LogP contribution in [-0.2, 0) is 6.54 Å². The number of hydrogen-bond donors (Lipinski definition) is 1. The fourth-order valence-corrected chi connectivity index (χ4v) is 2.25. The zero-order chi connectivity index (χ0) is 11.4.